The van der Waals surface area contributed by atoms with Crippen LogP contribution in [-0.2, 0) is 21.2 Å². The molecule has 1 aliphatic heterocycles. The van der Waals surface area contributed by atoms with E-state index in [2.05, 4.69) is 4.72 Å². The second kappa shape index (κ2) is 7.61. The average molecular weight is 362 g/mol. The molecular weight excluding hydrogens is 338 g/mol. The van der Waals surface area contributed by atoms with Gasteiger partial charge in [0.1, 0.15) is 0 Å². The lowest BCUT2D eigenvalue weighted by molar-refractivity contribution is -0.120. The van der Waals surface area contributed by atoms with E-state index in [0.29, 0.717) is 24.6 Å². The van der Waals surface area contributed by atoms with Gasteiger partial charge in [0.2, 0.25) is 15.9 Å². The van der Waals surface area contributed by atoms with Gasteiger partial charge in [-0.25, -0.2) is 13.1 Å². The van der Waals surface area contributed by atoms with Gasteiger partial charge in [0.15, 0.2) is 0 Å². The number of rotatable bonds is 5. The fraction of sp³-hybridized carbons (Fsp3) is 0.533. The van der Waals surface area contributed by atoms with Gasteiger partial charge in [0, 0.05) is 12.2 Å². The number of carbonyl (C=O) groups is 1. The highest BCUT2D eigenvalue weighted by molar-refractivity contribution is 7.89. The van der Waals surface area contributed by atoms with Gasteiger partial charge in [-0.1, -0.05) is 19.9 Å². The lowest BCUT2D eigenvalue weighted by atomic mass is 10.0. The van der Waals surface area contributed by atoms with Gasteiger partial charge >= 0.3 is 0 Å². The van der Waals surface area contributed by atoms with E-state index in [1.54, 1.807) is 23.1 Å². The van der Waals surface area contributed by atoms with Crippen LogP contribution in [0.2, 0.25) is 0 Å². The maximum absolute atomic E-state index is 12.5. The van der Waals surface area contributed by atoms with E-state index in [9.17, 15) is 13.2 Å². The molecule has 1 aliphatic rings. The largest absolute Gasteiger partial charge is 0.320 e. The van der Waals surface area contributed by atoms with Crippen LogP contribution < -0.4 is 15.4 Å². The van der Waals surface area contributed by atoms with Crippen molar-refractivity contribution in [3.63, 3.8) is 0 Å². The number of hydrogen-bond donors (Lipinski definition) is 2. The molecule has 0 aromatic heterocycles. The number of amides is 1. The summed E-state index contributed by atoms with van der Waals surface area (Å²) in [6.45, 7) is 4.58. The average Bonchev–Trinajstić information content (AvgIpc) is 2.88. The van der Waals surface area contributed by atoms with E-state index >= 15 is 0 Å². The Bertz CT molecular complexity index is 677. The number of benzene rings is 1. The summed E-state index contributed by atoms with van der Waals surface area (Å²) in [7, 11) is -2.16. The van der Waals surface area contributed by atoms with Crippen LogP contribution in [-0.4, -0.2) is 34.0 Å². The molecule has 130 valence electrons. The summed E-state index contributed by atoms with van der Waals surface area (Å²) >= 11 is 0. The van der Waals surface area contributed by atoms with E-state index in [-0.39, 0.29) is 23.2 Å². The predicted octanol–water partition coefficient (Wildman–Crippen LogP) is 1.28. The second-order valence-corrected chi connectivity index (χ2v) is 7.86. The third-order valence-corrected chi connectivity index (χ3v) is 5.25. The van der Waals surface area contributed by atoms with Gasteiger partial charge in [0.25, 0.3) is 0 Å². The fourth-order valence-corrected chi connectivity index (χ4v) is 3.43. The van der Waals surface area contributed by atoms with Crippen LogP contribution in [0.3, 0.4) is 0 Å². The summed E-state index contributed by atoms with van der Waals surface area (Å²) in [5.74, 6) is 0.184. The van der Waals surface area contributed by atoms with Gasteiger partial charge < -0.3 is 10.6 Å². The topological polar surface area (TPSA) is 92.5 Å². The first-order valence-corrected chi connectivity index (χ1v) is 8.88. The van der Waals surface area contributed by atoms with Crippen molar-refractivity contribution in [2.45, 2.75) is 37.6 Å². The Hall–Kier alpha value is -1.15. The molecule has 0 radical (unpaired) electrons. The standard InChI is InChI=1S/C15H23N3O3S.ClH/c1-10(2)8-13(16)15(19)18-7-6-11-4-5-12(9-14(11)18)22(20,21)17-3;/h4-5,9-10,13,17H,6-8,16H2,1-3H3;1H/t13-;/m0./s1. The van der Waals surface area contributed by atoms with Crippen LogP contribution >= 0.6 is 12.4 Å². The second-order valence-electron chi connectivity index (χ2n) is 5.97. The SMILES string of the molecule is CNS(=O)(=O)c1ccc2c(c1)N(C(=O)[C@@H](N)CC(C)C)CC2.Cl. The monoisotopic (exact) mass is 361 g/mol. The molecule has 0 spiro atoms. The van der Waals surface area contributed by atoms with Crippen molar-refractivity contribution in [2.75, 3.05) is 18.5 Å². The molecule has 1 atom stereocenters. The number of nitrogens with zero attached hydrogens (tertiary/aromatic N) is 1. The summed E-state index contributed by atoms with van der Waals surface area (Å²) < 4.78 is 26.1. The minimum Gasteiger partial charge on any atom is -0.320 e. The van der Waals surface area contributed by atoms with Crippen molar-refractivity contribution >= 4 is 34.0 Å². The molecule has 1 heterocycles. The van der Waals surface area contributed by atoms with Crippen LogP contribution in [0.4, 0.5) is 5.69 Å². The Balaban J connectivity index is 0.00000264. The highest BCUT2D eigenvalue weighted by Crippen LogP contribution is 2.31. The van der Waals surface area contributed by atoms with Crippen LogP contribution in [0.5, 0.6) is 0 Å². The minimum atomic E-state index is -3.53. The molecule has 1 aromatic carbocycles. The van der Waals surface area contributed by atoms with Gasteiger partial charge in [-0.15, -0.1) is 12.4 Å². The van der Waals surface area contributed by atoms with Crippen LogP contribution in [0.25, 0.3) is 0 Å². The molecule has 1 aromatic rings. The van der Waals surface area contributed by atoms with E-state index < -0.39 is 16.1 Å². The third kappa shape index (κ3) is 4.23. The normalized spacial score (nSPS) is 15.3. The molecule has 1 amide bonds. The molecule has 0 saturated carbocycles. The van der Waals surface area contributed by atoms with Crippen molar-refractivity contribution in [3.8, 4) is 0 Å². The van der Waals surface area contributed by atoms with E-state index in [1.807, 2.05) is 13.8 Å². The summed E-state index contributed by atoms with van der Waals surface area (Å²) in [6, 6.07) is 4.32. The molecule has 23 heavy (non-hydrogen) atoms. The maximum atomic E-state index is 12.5. The number of sulfonamides is 1. The molecule has 0 aliphatic carbocycles. The smallest absolute Gasteiger partial charge is 0.243 e. The first kappa shape index (κ1) is 19.9. The quantitative estimate of drug-likeness (QED) is 0.826. The number of nitrogens with one attached hydrogen (secondary N) is 1. The van der Waals surface area contributed by atoms with E-state index in [4.69, 9.17) is 5.73 Å². The molecule has 0 saturated heterocycles. The number of fused-ring (bicyclic) bond motifs is 1. The van der Waals surface area contributed by atoms with Crippen LogP contribution in [0.1, 0.15) is 25.8 Å². The summed E-state index contributed by atoms with van der Waals surface area (Å²) in [6.07, 6.45) is 1.33. The molecule has 0 unspecified atom stereocenters. The molecule has 3 N–H and O–H groups in total. The van der Waals surface area contributed by atoms with Crippen LogP contribution in [0.15, 0.2) is 23.1 Å². The number of anilines is 1. The minimum absolute atomic E-state index is 0. The van der Waals surface area contributed by atoms with Gasteiger partial charge in [-0.05, 0) is 43.5 Å². The highest BCUT2D eigenvalue weighted by Gasteiger charge is 2.29. The molecular formula is C15H24ClN3O3S. The Kier molecular flexibility index (Phi) is 6.59. The third-order valence-electron chi connectivity index (χ3n) is 3.84. The number of nitrogens with two attached hydrogens (primary N) is 1. The number of hydrogen-bond acceptors (Lipinski definition) is 4. The lowest BCUT2D eigenvalue weighted by Crippen LogP contribution is -2.43. The Labute approximate surface area is 143 Å². The lowest BCUT2D eigenvalue weighted by Gasteiger charge is -2.23. The maximum Gasteiger partial charge on any atom is 0.243 e. The zero-order valence-corrected chi connectivity index (χ0v) is 15.2. The van der Waals surface area contributed by atoms with Crippen molar-refractivity contribution in [2.24, 2.45) is 11.7 Å². The Morgan fingerprint density at radius 2 is 2.04 bits per heavy atom. The fourth-order valence-electron chi connectivity index (χ4n) is 2.68. The summed E-state index contributed by atoms with van der Waals surface area (Å²) in [5.41, 5.74) is 7.61. The van der Waals surface area contributed by atoms with Crippen molar-refractivity contribution in [3.05, 3.63) is 23.8 Å². The zero-order chi connectivity index (χ0) is 16.5. The molecule has 2 rings (SSSR count). The van der Waals surface area contributed by atoms with Gasteiger partial charge in [0.05, 0.1) is 10.9 Å². The molecule has 6 nitrogen and oxygen atoms in total. The summed E-state index contributed by atoms with van der Waals surface area (Å²) in [5, 5.41) is 0. The van der Waals surface area contributed by atoms with E-state index in [1.165, 1.54) is 7.05 Å². The van der Waals surface area contributed by atoms with Gasteiger partial charge in [-0.3, -0.25) is 4.79 Å². The Morgan fingerprint density at radius 3 is 2.61 bits per heavy atom. The predicted molar refractivity (Wildman–Crippen MR) is 93.4 cm³/mol. The van der Waals surface area contributed by atoms with Gasteiger partial charge in [-0.2, -0.15) is 0 Å². The molecule has 8 heteroatoms. The Morgan fingerprint density at radius 1 is 1.39 bits per heavy atom. The number of halogens is 1. The van der Waals surface area contributed by atoms with E-state index in [0.717, 1.165) is 12.0 Å². The molecule has 0 fully saturated rings. The summed E-state index contributed by atoms with van der Waals surface area (Å²) in [4.78, 5) is 14.3. The zero-order valence-electron chi connectivity index (χ0n) is 13.6. The highest BCUT2D eigenvalue weighted by atomic mass is 35.5. The first-order valence-electron chi connectivity index (χ1n) is 7.39. The van der Waals surface area contributed by atoms with Crippen molar-refractivity contribution in [1.82, 2.24) is 4.72 Å². The molecule has 0 bridgehead atoms. The van der Waals surface area contributed by atoms with Crippen molar-refractivity contribution in [1.29, 1.82) is 0 Å². The van der Waals surface area contributed by atoms with Crippen molar-refractivity contribution < 1.29 is 13.2 Å². The first-order chi connectivity index (χ1) is 10.3. The number of carbonyl (C=O) groups excluding carboxylic acids is 1. The van der Waals surface area contributed by atoms with Crippen LogP contribution in [0, 0.1) is 5.92 Å².